The molecular weight excluding hydrogens is 462 g/mol. The maximum Gasteiger partial charge on any atom is 0.242 e. The Morgan fingerprint density at radius 1 is 1.32 bits per heavy atom. The van der Waals surface area contributed by atoms with Gasteiger partial charge in [0.2, 0.25) is 10.0 Å². The van der Waals surface area contributed by atoms with Crippen LogP contribution in [0.1, 0.15) is 0 Å². The molecule has 1 heterocycles. The molecule has 0 amide bonds. The highest BCUT2D eigenvalue weighted by Gasteiger charge is 2.19. The second kappa shape index (κ2) is 8.53. The molecule has 0 radical (unpaired) electrons. The summed E-state index contributed by atoms with van der Waals surface area (Å²) < 4.78 is 26.8. The summed E-state index contributed by atoms with van der Waals surface area (Å²) in [6, 6.07) is 4.50. The van der Waals surface area contributed by atoms with Crippen molar-refractivity contribution in [3.05, 3.63) is 28.2 Å². The van der Waals surface area contributed by atoms with Gasteiger partial charge in [0.25, 0.3) is 0 Å². The van der Waals surface area contributed by atoms with Gasteiger partial charge in [-0.3, -0.25) is 4.99 Å². The fourth-order valence-corrected chi connectivity index (χ4v) is 3.64. The molecule has 6 nitrogen and oxygen atoms in total. The van der Waals surface area contributed by atoms with Gasteiger partial charge in [-0.2, -0.15) is 0 Å². The predicted octanol–water partition coefficient (Wildman–Crippen LogP) is 1.78. The smallest absolute Gasteiger partial charge is 0.242 e. The van der Waals surface area contributed by atoms with Gasteiger partial charge < -0.3 is 10.2 Å². The summed E-state index contributed by atoms with van der Waals surface area (Å²) in [6.45, 7) is 2.27. The van der Waals surface area contributed by atoms with Gasteiger partial charge in [-0.1, -0.05) is 29.3 Å². The van der Waals surface area contributed by atoms with Crippen molar-refractivity contribution in [2.24, 2.45) is 4.99 Å². The van der Waals surface area contributed by atoms with Crippen LogP contribution in [0.2, 0.25) is 10.0 Å². The first-order valence-corrected chi connectivity index (χ1v) is 8.59. The number of halogens is 3. The Labute approximate surface area is 157 Å². The number of aliphatic imine (C=N–C) groups is 1. The van der Waals surface area contributed by atoms with E-state index in [1.54, 1.807) is 12.1 Å². The molecule has 10 heteroatoms. The largest absolute Gasteiger partial charge is 0.355 e. The third-order valence-electron chi connectivity index (χ3n) is 2.96. The highest BCUT2D eigenvalue weighted by Crippen LogP contribution is 2.28. The van der Waals surface area contributed by atoms with E-state index < -0.39 is 10.0 Å². The number of hydrogen-bond donors (Lipinski definition) is 2. The van der Waals surface area contributed by atoms with Crippen LogP contribution < -0.4 is 10.0 Å². The van der Waals surface area contributed by atoms with Crippen molar-refractivity contribution < 1.29 is 8.42 Å². The lowest BCUT2D eigenvalue weighted by molar-refractivity contribution is 0.533. The van der Waals surface area contributed by atoms with Gasteiger partial charge in [-0.25, -0.2) is 13.1 Å². The van der Waals surface area contributed by atoms with Crippen molar-refractivity contribution in [1.82, 2.24) is 14.9 Å². The number of nitrogens with one attached hydrogen (secondary N) is 2. The van der Waals surface area contributed by atoms with E-state index in [0.29, 0.717) is 6.54 Å². The molecule has 1 aliphatic heterocycles. The average Bonchev–Trinajstić information content (AvgIpc) is 2.83. The maximum absolute atomic E-state index is 12.1. The van der Waals surface area contributed by atoms with Crippen LogP contribution in [0.15, 0.2) is 28.1 Å². The van der Waals surface area contributed by atoms with Crippen molar-refractivity contribution in [2.45, 2.75) is 4.90 Å². The van der Waals surface area contributed by atoms with E-state index in [1.807, 2.05) is 11.9 Å². The molecule has 0 unspecified atom stereocenters. The van der Waals surface area contributed by atoms with E-state index in [2.05, 4.69) is 15.0 Å². The summed E-state index contributed by atoms with van der Waals surface area (Å²) in [5.41, 5.74) is 0. The monoisotopic (exact) mass is 478 g/mol. The molecule has 0 atom stereocenters. The first-order valence-electron chi connectivity index (χ1n) is 6.35. The Balaban J connectivity index is 0.00000242. The Hall–Kier alpha value is -0.290. The molecule has 2 N–H and O–H groups in total. The Bertz CT molecular complexity index is 655. The van der Waals surface area contributed by atoms with E-state index >= 15 is 0 Å². The molecule has 1 aromatic rings. The minimum Gasteiger partial charge on any atom is -0.355 e. The van der Waals surface area contributed by atoms with Gasteiger partial charge in [0.05, 0.1) is 16.6 Å². The number of sulfonamides is 1. The van der Waals surface area contributed by atoms with Crippen LogP contribution in [0.5, 0.6) is 0 Å². The number of rotatable bonds is 5. The van der Waals surface area contributed by atoms with E-state index in [0.717, 1.165) is 19.0 Å². The summed E-state index contributed by atoms with van der Waals surface area (Å²) in [5.74, 6) is 0.773. The lowest BCUT2D eigenvalue weighted by Crippen LogP contribution is -2.40. The zero-order valence-corrected chi connectivity index (χ0v) is 16.5. The van der Waals surface area contributed by atoms with Gasteiger partial charge in [0.1, 0.15) is 4.90 Å². The highest BCUT2D eigenvalue weighted by atomic mass is 127. The molecule has 1 aromatic carbocycles. The lowest BCUT2D eigenvalue weighted by atomic mass is 10.4. The minimum atomic E-state index is -3.68. The molecule has 22 heavy (non-hydrogen) atoms. The Morgan fingerprint density at radius 3 is 2.68 bits per heavy atom. The predicted molar refractivity (Wildman–Crippen MR) is 100 cm³/mol. The average molecular weight is 479 g/mol. The van der Waals surface area contributed by atoms with E-state index in [4.69, 9.17) is 23.2 Å². The molecule has 0 aliphatic carbocycles. The van der Waals surface area contributed by atoms with Crippen LogP contribution in [-0.4, -0.2) is 52.5 Å². The van der Waals surface area contributed by atoms with Gasteiger partial charge >= 0.3 is 0 Å². The zero-order chi connectivity index (χ0) is 15.5. The topological polar surface area (TPSA) is 73.8 Å². The molecule has 0 bridgehead atoms. The third-order valence-corrected chi connectivity index (χ3v) is 5.40. The number of likely N-dealkylation sites (N-methyl/N-ethyl adjacent to an activating group) is 1. The van der Waals surface area contributed by atoms with Crippen molar-refractivity contribution in [2.75, 3.05) is 33.2 Å². The van der Waals surface area contributed by atoms with Gasteiger partial charge in [0, 0.05) is 26.7 Å². The summed E-state index contributed by atoms with van der Waals surface area (Å²) in [4.78, 5) is 6.20. The fraction of sp³-hybridized carbons (Fsp3) is 0.417. The molecular formula is C12H17Cl2IN4O2S. The maximum atomic E-state index is 12.1. The normalized spacial score (nSPS) is 14.5. The number of nitrogens with zero attached hydrogens (tertiary/aromatic N) is 2. The Kier molecular flexibility index (Phi) is 7.66. The lowest BCUT2D eigenvalue weighted by Gasteiger charge is -2.15. The third kappa shape index (κ3) is 4.85. The van der Waals surface area contributed by atoms with E-state index in [1.165, 1.54) is 6.07 Å². The number of benzene rings is 1. The van der Waals surface area contributed by atoms with Crippen molar-refractivity contribution >= 4 is 63.2 Å². The van der Waals surface area contributed by atoms with E-state index in [9.17, 15) is 8.42 Å². The van der Waals surface area contributed by atoms with Gasteiger partial charge in [-0.15, -0.1) is 24.0 Å². The van der Waals surface area contributed by atoms with Crippen LogP contribution in [0.25, 0.3) is 0 Å². The molecule has 0 spiro atoms. The van der Waals surface area contributed by atoms with Crippen LogP contribution in [-0.2, 0) is 10.0 Å². The second-order valence-corrected chi connectivity index (χ2v) is 7.02. The Morgan fingerprint density at radius 2 is 2.05 bits per heavy atom. The first-order chi connectivity index (χ1) is 9.92. The molecule has 1 aliphatic rings. The summed E-state index contributed by atoms with van der Waals surface area (Å²) in [7, 11) is -1.76. The van der Waals surface area contributed by atoms with Gasteiger partial charge in [-0.05, 0) is 12.1 Å². The first kappa shape index (κ1) is 19.8. The molecule has 0 saturated carbocycles. The van der Waals surface area contributed by atoms with Crippen molar-refractivity contribution in [3.8, 4) is 0 Å². The second-order valence-electron chi connectivity index (χ2n) is 4.50. The fourth-order valence-electron chi connectivity index (χ4n) is 1.85. The van der Waals surface area contributed by atoms with Gasteiger partial charge in [0.15, 0.2) is 5.96 Å². The quantitative estimate of drug-likeness (QED) is 0.499. The van der Waals surface area contributed by atoms with Crippen LogP contribution >= 0.6 is 47.2 Å². The van der Waals surface area contributed by atoms with Crippen molar-refractivity contribution in [3.63, 3.8) is 0 Å². The molecule has 0 aromatic heterocycles. The summed E-state index contributed by atoms with van der Waals surface area (Å²) in [5, 5.41) is 3.31. The molecule has 2 rings (SSSR count). The highest BCUT2D eigenvalue weighted by molar-refractivity contribution is 14.0. The molecule has 124 valence electrons. The molecule has 0 fully saturated rings. The van der Waals surface area contributed by atoms with Crippen molar-refractivity contribution in [1.29, 1.82) is 0 Å². The summed E-state index contributed by atoms with van der Waals surface area (Å²) in [6.07, 6.45) is 0. The SMILES string of the molecule is CN1CCN=C1NCCNS(=O)(=O)c1cccc(Cl)c1Cl.I. The number of hydrogen-bond acceptors (Lipinski definition) is 5. The number of guanidine groups is 1. The van der Waals surface area contributed by atoms with Crippen LogP contribution in [0.3, 0.4) is 0 Å². The van der Waals surface area contributed by atoms with Crippen LogP contribution in [0, 0.1) is 0 Å². The van der Waals surface area contributed by atoms with Crippen LogP contribution in [0.4, 0.5) is 0 Å². The zero-order valence-electron chi connectivity index (χ0n) is 11.8. The molecule has 0 saturated heterocycles. The summed E-state index contributed by atoms with van der Waals surface area (Å²) >= 11 is 11.7. The van der Waals surface area contributed by atoms with E-state index in [-0.39, 0.29) is 45.5 Å². The standard InChI is InChI=1S/C12H16Cl2N4O2S.HI/c1-18-8-7-16-12(18)15-5-6-17-21(19,20)10-4-2-3-9(13)11(10)14;/h2-4,17H,5-8H2,1H3,(H,15,16);1H. The minimum absolute atomic E-state index is 0.